The summed E-state index contributed by atoms with van der Waals surface area (Å²) in [5.41, 5.74) is 0.620. The Kier molecular flexibility index (Phi) is 7.00. The number of ether oxygens (including phenoxy) is 1. The first-order valence-electron chi connectivity index (χ1n) is 8.95. The first-order chi connectivity index (χ1) is 12.4. The van der Waals surface area contributed by atoms with Crippen molar-refractivity contribution in [2.75, 3.05) is 11.9 Å². The van der Waals surface area contributed by atoms with E-state index in [-0.39, 0.29) is 24.5 Å². The molecule has 7 nitrogen and oxygen atoms in total. The van der Waals surface area contributed by atoms with Crippen molar-refractivity contribution in [3.05, 3.63) is 30.3 Å². The van der Waals surface area contributed by atoms with Crippen LogP contribution >= 0.6 is 0 Å². The molecular weight excluding hydrogens is 334 g/mol. The van der Waals surface area contributed by atoms with Gasteiger partial charge in [0.1, 0.15) is 6.04 Å². The van der Waals surface area contributed by atoms with Gasteiger partial charge in [-0.15, -0.1) is 0 Å². The van der Waals surface area contributed by atoms with Crippen molar-refractivity contribution >= 4 is 23.6 Å². The zero-order valence-electron chi connectivity index (χ0n) is 15.5. The van der Waals surface area contributed by atoms with Gasteiger partial charge in [0.15, 0.2) is 6.61 Å². The highest BCUT2D eigenvalue weighted by atomic mass is 16.5. The zero-order chi connectivity index (χ0) is 19.1. The van der Waals surface area contributed by atoms with Gasteiger partial charge < -0.3 is 20.7 Å². The molecule has 0 aliphatic heterocycles. The lowest BCUT2D eigenvalue weighted by atomic mass is 10.1. The summed E-state index contributed by atoms with van der Waals surface area (Å²) in [5.74, 6) is -0.606. The molecule has 0 heterocycles. The number of para-hydroxylation sites is 1. The molecule has 0 aromatic heterocycles. The number of rotatable bonds is 8. The largest absolute Gasteiger partial charge is 0.454 e. The Bertz CT molecular complexity index is 629. The number of anilines is 1. The Balaban J connectivity index is 1.80. The highest BCUT2D eigenvalue weighted by Crippen LogP contribution is 2.32. The summed E-state index contributed by atoms with van der Waals surface area (Å²) >= 11 is 0. The molecule has 1 aliphatic rings. The van der Waals surface area contributed by atoms with E-state index < -0.39 is 18.0 Å². The molecule has 142 valence electrons. The van der Waals surface area contributed by atoms with Crippen molar-refractivity contribution in [2.24, 2.45) is 11.8 Å². The monoisotopic (exact) mass is 361 g/mol. The minimum Gasteiger partial charge on any atom is -0.454 e. The molecule has 3 N–H and O–H groups in total. The van der Waals surface area contributed by atoms with Gasteiger partial charge >= 0.3 is 12.0 Å². The number of esters is 1. The van der Waals surface area contributed by atoms with E-state index in [9.17, 15) is 14.4 Å². The molecule has 0 saturated heterocycles. The first-order valence-corrected chi connectivity index (χ1v) is 8.95. The fraction of sp³-hybridized carbons (Fsp3) is 0.526. The van der Waals surface area contributed by atoms with Crippen LogP contribution < -0.4 is 16.0 Å². The first kappa shape index (κ1) is 19.8. The van der Waals surface area contributed by atoms with Crippen molar-refractivity contribution < 1.29 is 19.1 Å². The maximum Gasteiger partial charge on any atom is 0.329 e. The lowest BCUT2D eigenvalue weighted by molar-refractivity contribution is -0.151. The van der Waals surface area contributed by atoms with E-state index in [1.54, 1.807) is 38.1 Å². The van der Waals surface area contributed by atoms with Gasteiger partial charge in [0, 0.05) is 11.7 Å². The smallest absolute Gasteiger partial charge is 0.329 e. The standard InChI is InChI=1S/C19H27N3O4/c1-12(2)17(22-19(25)21-15-7-5-4-6-8-15)18(24)26-11-16(23)20-13(3)14-9-10-14/h4-8,12-14,17H,9-11H2,1-3H3,(H,20,23)(H2,21,22,25)/t13-,17-/m0/s1. The number of nitrogens with one attached hydrogen (secondary N) is 3. The van der Waals surface area contributed by atoms with E-state index in [0.717, 1.165) is 12.8 Å². The van der Waals surface area contributed by atoms with E-state index in [2.05, 4.69) is 16.0 Å². The summed E-state index contributed by atoms with van der Waals surface area (Å²) in [6, 6.07) is 7.67. The molecule has 26 heavy (non-hydrogen) atoms. The molecule has 0 spiro atoms. The predicted molar refractivity (Wildman–Crippen MR) is 98.5 cm³/mol. The van der Waals surface area contributed by atoms with Gasteiger partial charge in [-0.1, -0.05) is 32.0 Å². The summed E-state index contributed by atoms with van der Waals surface area (Å²) in [5, 5.41) is 8.08. The van der Waals surface area contributed by atoms with Gasteiger partial charge in [-0.05, 0) is 43.7 Å². The molecule has 2 atom stereocenters. The summed E-state index contributed by atoms with van der Waals surface area (Å²) in [7, 11) is 0. The lowest BCUT2D eigenvalue weighted by Gasteiger charge is -2.21. The number of carbonyl (C=O) groups is 3. The third-order valence-corrected chi connectivity index (χ3v) is 4.30. The quantitative estimate of drug-likeness (QED) is 0.619. The van der Waals surface area contributed by atoms with E-state index in [1.807, 2.05) is 13.0 Å². The van der Waals surface area contributed by atoms with Crippen LogP contribution in [0.4, 0.5) is 10.5 Å². The SMILES string of the molecule is CC(C)[C@H](NC(=O)Nc1ccccc1)C(=O)OCC(=O)N[C@@H](C)C1CC1. The molecule has 1 fully saturated rings. The zero-order valence-corrected chi connectivity index (χ0v) is 15.5. The van der Waals surface area contributed by atoms with Crippen LogP contribution in [0.1, 0.15) is 33.6 Å². The molecule has 2 rings (SSSR count). The minimum atomic E-state index is -0.840. The van der Waals surface area contributed by atoms with Crippen molar-refractivity contribution in [1.82, 2.24) is 10.6 Å². The molecule has 0 radical (unpaired) electrons. The Morgan fingerprint density at radius 2 is 1.73 bits per heavy atom. The summed E-state index contributed by atoms with van der Waals surface area (Å²) in [6.07, 6.45) is 2.24. The van der Waals surface area contributed by atoms with Crippen molar-refractivity contribution in [1.29, 1.82) is 0 Å². The molecule has 0 unspecified atom stereocenters. The number of amides is 3. The molecule has 7 heteroatoms. The van der Waals surface area contributed by atoms with Crippen LogP contribution in [0.3, 0.4) is 0 Å². The Morgan fingerprint density at radius 3 is 2.31 bits per heavy atom. The topological polar surface area (TPSA) is 96.5 Å². The molecular formula is C19H27N3O4. The molecule has 1 aliphatic carbocycles. The number of carbonyl (C=O) groups excluding carboxylic acids is 3. The maximum absolute atomic E-state index is 12.3. The second-order valence-electron chi connectivity index (χ2n) is 6.99. The summed E-state index contributed by atoms with van der Waals surface area (Å²) < 4.78 is 5.09. The Hall–Kier alpha value is -2.57. The number of hydrogen-bond donors (Lipinski definition) is 3. The minimum absolute atomic E-state index is 0.0943. The molecule has 0 bridgehead atoms. The van der Waals surface area contributed by atoms with E-state index >= 15 is 0 Å². The maximum atomic E-state index is 12.3. The third kappa shape index (κ3) is 6.38. The van der Waals surface area contributed by atoms with Crippen LogP contribution in [0, 0.1) is 11.8 Å². The van der Waals surface area contributed by atoms with Gasteiger partial charge in [-0.25, -0.2) is 9.59 Å². The van der Waals surface area contributed by atoms with Gasteiger partial charge in [-0.2, -0.15) is 0 Å². The van der Waals surface area contributed by atoms with Gasteiger partial charge in [-0.3, -0.25) is 4.79 Å². The highest BCUT2D eigenvalue weighted by molar-refractivity contribution is 5.93. The second-order valence-corrected chi connectivity index (χ2v) is 6.99. The van der Waals surface area contributed by atoms with Crippen LogP contribution in [0.15, 0.2) is 30.3 Å². The van der Waals surface area contributed by atoms with E-state index in [4.69, 9.17) is 4.74 Å². The second kappa shape index (κ2) is 9.22. The molecule has 3 amide bonds. The van der Waals surface area contributed by atoms with Crippen LogP contribution in [0.25, 0.3) is 0 Å². The van der Waals surface area contributed by atoms with E-state index in [0.29, 0.717) is 11.6 Å². The van der Waals surface area contributed by atoms with Crippen LogP contribution in [0.5, 0.6) is 0 Å². The summed E-state index contributed by atoms with van der Waals surface area (Å²) in [6.45, 7) is 5.19. The predicted octanol–water partition coefficient (Wildman–Crippen LogP) is 2.29. The highest BCUT2D eigenvalue weighted by Gasteiger charge is 2.30. The fourth-order valence-corrected chi connectivity index (χ4v) is 2.56. The van der Waals surface area contributed by atoms with E-state index in [1.165, 1.54) is 0 Å². The number of urea groups is 1. The van der Waals surface area contributed by atoms with Crippen molar-refractivity contribution in [3.63, 3.8) is 0 Å². The number of hydrogen-bond acceptors (Lipinski definition) is 4. The Labute approximate surface area is 153 Å². The number of benzene rings is 1. The molecule has 1 aromatic rings. The lowest BCUT2D eigenvalue weighted by Crippen LogP contribution is -2.48. The normalized spacial score (nSPS) is 15.7. The van der Waals surface area contributed by atoms with Crippen molar-refractivity contribution in [3.8, 4) is 0 Å². The average Bonchev–Trinajstić information content (AvgIpc) is 3.43. The van der Waals surface area contributed by atoms with Crippen molar-refractivity contribution in [2.45, 2.75) is 45.7 Å². The Morgan fingerprint density at radius 1 is 1.08 bits per heavy atom. The average molecular weight is 361 g/mol. The third-order valence-electron chi connectivity index (χ3n) is 4.30. The van der Waals surface area contributed by atoms with Gasteiger partial charge in [0.2, 0.25) is 0 Å². The van der Waals surface area contributed by atoms with Crippen LogP contribution in [-0.4, -0.2) is 36.6 Å². The molecule has 1 aromatic carbocycles. The molecule has 1 saturated carbocycles. The van der Waals surface area contributed by atoms with Gasteiger partial charge in [0.05, 0.1) is 0 Å². The van der Waals surface area contributed by atoms with Crippen LogP contribution in [0.2, 0.25) is 0 Å². The summed E-state index contributed by atoms with van der Waals surface area (Å²) in [4.78, 5) is 36.2. The van der Waals surface area contributed by atoms with Crippen LogP contribution in [-0.2, 0) is 14.3 Å². The fourth-order valence-electron chi connectivity index (χ4n) is 2.56. The van der Waals surface area contributed by atoms with Gasteiger partial charge in [0.25, 0.3) is 5.91 Å².